The minimum absolute atomic E-state index is 0.158. The summed E-state index contributed by atoms with van der Waals surface area (Å²) < 4.78 is 5.64. The molecular formula is C21H25ClN4O3S. The SMILES string of the molecule is Cc1sc2nc(CCC(=O)Nc3ccc(OCCN(C)C)c(Cl)c3)[nH]c(=O)c2c1C. The van der Waals surface area contributed by atoms with Crippen LogP contribution in [0.3, 0.4) is 0 Å². The number of likely N-dealkylation sites (N-methyl/N-ethyl adjacent to an activating group) is 1. The summed E-state index contributed by atoms with van der Waals surface area (Å²) in [6, 6.07) is 5.15. The number of ether oxygens (including phenoxy) is 1. The van der Waals surface area contributed by atoms with Gasteiger partial charge in [-0.2, -0.15) is 0 Å². The van der Waals surface area contributed by atoms with Gasteiger partial charge >= 0.3 is 0 Å². The fraction of sp³-hybridized carbons (Fsp3) is 0.381. The second-order valence-corrected chi connectivity index (χ2v) is 8.93. The first-order chi connectivity index (χ1) is 14.2. The van der Waals surface area contributed by atoms with Gasteiger partial charge in [-0.3, -0.25) is 9.59 Å². The van der Waals surface area contributed by atoms with Crippen molar-refractivity contribution in [2.45, 2.75) is 26.7 Å². The van der Waals surface area contributed by atoms with Crippen LogP contribution in [-0.2, 0) is 11.2 Å². The highest BCUT2D eigenvalue weighted by atomic mass is 35.5. The zero-order valence-electron chi connectivity index (χ0n) is 17.5. The van der Waals surface area contributed by atoms with Gasteiger partial charge in [-0.05, 0) is 51.7 Å². The van der Waals surface area contributed by atoms with Crippen LogP contribution in [0.2, 0.25) is 5.02 Å². The van der Waals surface area contributed by atoms with Gasteiger partial charge in [0.15, 0.2) is 0 Å². The van der Waals surface area contributed by atoms with Gasteiger partial charge in [-0.1, -0.05) is 11.6 Å². The molecule has 0 atom stereocenters. The quantitative estimate of drug-likeness (QED) is 0.547. The van der Waals surface area contributed by atoms with Crippen LogP contribution < -0.4 is 15.6 Å². The van der Waals surface area contributed by atoms with E-state index in [-0.39, 0.29) is 17.9 Å². The number of amides is 1. The van der Waals surface area contributed by atoms with Crippen molar-refractivity contribution in [1.82, 2.24) is 14.9 Å². The Morgan fingerprint density at radius 2 is 2.10 bits per heavy atom. The molecule has 2 N–H and O–H groups in total. The van der Waals surface area contributed by atoms with E-state index < -0.39 is 0 Å². The van der Waals surface area contributed by atoms with Crippen molar-refractivity contribution < 1.29 is 9.53 Å². The van der Waals surface area contributed by atoms with Crippen molar-refractivity contribution in [1.29, 1.82) is 0 Å². The highest BCUT2D eigenvalue weighted by molar-refractivity contribution is 7.18. The third-order valence-electron chi connectivity index (χ3n) is 4.69. The molecule has 160 valence electrons. The number of carbonyl (C=O) groups excluding carboxylic acids is 1. The Kier molecular flexibility index (Phi) is 7.12. The molecule has 9 heteroatoms. The Bertz CT molecular complexity index is 1120. The molecule has 1 amide bonds. The number of rotatable bonds is 8. The number of nitrogens with one attached hydrogen (secondary N) is 2. The number of halogens is 1. The van der Waals surface area contributed by atoms with Crippen molar-refractivity contribution in [2.24, 2.45) is 0 Å². The maximum absolute atomic E-state index is 12.3. The number of hydrogen-bond donors (Lipinski definition) is 2. The fourth-order valence-corrected chi connectivity index (χ4v) is 4.19. The largest absolute Gasteiger partial charge is 0.491 e. The molecule has 30 heavy (non-hydrogen) atoms. The summed E-state index contributed by atoms with van der Waals surface area (Å²) in [6.07, 6.45) is 0.531. The molecule has 0 bridgehead atoms. The van der Waals surface area contributed by atoms with Gasteiger partial charge in [0.05, 0.1) is 10.4 Å². The van der Waals surface area contributed by atoms with Crippen molar-refractivity contribution >= 4 is 44.7 Å². The summed E-state index contributed by atoms with van der Waals surface area (Å²) in [4.78, 5) is 35.8. The number of benzene rings is 1. The first-order valence-electron chi connectivity index (χ1n) is 9.60. The van der Waals surface area contributed by atoms with Gasteiger partial charge in [0.2, 0.25) is 5.91 Å². The lowest BCUT2D eigenvalue weighted by atomic mass is 10.2. The number of aromatic amines is 1. The zero-order chi connectivity index (χ0) is 21.8. The van der Waals surface area contributed by atoms with Gasteiger partial charge in [0.1, 0.15) is 23.0 Å². The normalized spacial score (nSPS) is 11.3. The number of thiophene rings is 1. The lowest BCUT2D eigenvalue weighted by Gasteiger charge is -2.13. The van der Waals surface area contributed by atoms with E-state index in [0.717, 1.165) is 17.0 Å². The standard InChI is InChI=1S/C21H25ClN4O3S/c1-12-13(2)30-21-19(12)20(28)24-17(25-21)7-8-18(27)23-14-5-6-16(15(22)11-14)29-10-9-26(3)4/h5-6,11H,7-10H2,1-4H3,(H,23,27)(H,24,25,28). The number of aryl methyl sites for hydroxylation is 3. The summed E-state index contributed by atoms with van der Waals surface area (Å²) in [7, 11) is 3.94. The van der Waals surface area contributed by atoms with E-state index in [1.165, 1.54) is 11.3 Å². The molecule has 0 saturated carbocycles. The molecule has 1 aromatic carbocycles. The van der Waals surface area contributed by atoms with Crippen LogP contribution in [0.25, 0.3) is 10.2 Å². The molecule has 0 aliphatic heterocycles. The van der Waals surface area contributed by atoms with Crippen molar-refractivity contribution in [3.8, 4) is 5.75 Å². The Labute approximate surface area is 184 Å². The third-order valence-corrected chi connectivity index (χ3v) is 6.09. The highest BCUT2D eigenvalue weighted by Gasteiger charge is 2.13. The predicted octanol–water partition coefficient (Wildman–Crippen LogP) is 3.77. The molecule has 0 aliphatic rings. The molecule has 0 spiro atoms. The molecule has 2 heterocycles. The Morgan fingerprint density at radius 3 is 2.80 bits per heavy atom. The van der Waals surface area contributed by atoms with Crippen LogP contribution >= 0.6 is 22.9 Å². The van der Waals surface area contributed by atoms with Crippen LogP contribution in [0.15, 0.2) is 23.0 Å². The molecule has 0 saturated heterocycles. The van der Waals surface area contributed by atoms with Crippen molar-refractivity contribution in [2.75, 3.05) is 32.6 Å². The number of H-pyrrole nitrogens is 1. The van der Waals surface area contributed by atoms with Gasteiger partial charge < -0.3 is 19.9 Å². The van der Waals surface area contributed by atoms with Crippen LogP contribution in [0, 0.1) is 13.8 Å². The van der Waals surface area contributed by atoms with E-state index in [4.69, 9.17) is 16.3 Å². The van der Waals surface area contributed by atoms with Crippen molar-refractivity contribution in [3.05, 3.63) is 49.8 Å². The van der Waals surface area contributed by atoms with Crippen LogP contribution in [0.1, 0.15) is 22.7 Å². The summed E-state index contributed by atoms with van der Waals surface area (Å²) in [5.74, 6) is 0.897. The number of fused-ring (bicyclic) bond motifs is 1. The van der Waals surface area contributed by atoms with Gasteiger partial charge in [-0.25, -0.2) is 4.98 Å². The fourth-order valence-electron chi connectivity index (χ4n) is 2.91. The zero-order valence-corrected chi connectivity index (χ0v) is 19.0. The van der Waals surface area contributed by atoms with E-state index >= 15 is 0 Å². The topological polar surface area (TPSA) is 87.3 Å². The molecule has 7 nitrogen and oxygen atoms in total. The second kappa shape index (κ2) is 9.59. The van der Waals surface area contributed by atoms with E-state index in [0.29, 0.717) is 45.5 Å². The van der Waals surface area contributed by atoms with Crippen LogP contribution in [0.4, 0.5) is 5.69 Å². The minimum Gasteiger partial charge on any atom is -0.491 e. The first kappa shape index (κ1) is 22.3. The monoisotopic (exact) mass is 448 g/mol. The molecule has 0 aliphatic carbocycles. The second-order valence-electron chi connectivity index (χ2n) is 7.32. The Hall–Kier alpha value is -2.42. The van der Waals surface area contributed by atoms with E-state index in [9.17, 15) is 9.59 Å². The number of hydrogen-bond acceptors (Lipinski definition) is 6. The number of aromatic nitrogens is 2. The Morgan fingerprint density at radius 1 is 1.33 bits per heavy atom. The van der Waals surface area contributed by atoms with Gasteiger partial charge in [-0.15, -0.1) is 11.3 Å². The van der Waals surface area contributed by atoms with E-state index in [2.05, 4.69) is 15.3 Å². The lowest BCUT2D eigenvalue weighted by Crippen LogP contribution is -2.19. The Balaban J connectivity index is 1.59. The summed E-state index contributed by atoms with van der Waals surface area (Å²) in [6.45, 7) is 5.19. The third kappa shape index (κ3) is 5.38. The maximum Gasteiger partial charge on any atom is 0.259 e. The molecule has 0 radical (unpaired) electrons. The predicted molar refractivity (Wildman–Crippen MR) is 122 cm³/mol. The molecule has 3 aromatic rings. The molecule has 0 unspecified atom stereocenters. The number of carbonyl (C=O) groups is 1. The van der Waals surface area contributed by atoms with Gasteiger partial charge in [0, 0.05) is 30.0 Å². The number of anilines is 1. The first-order valence-corrected chi connectivity index (χ1v) is 10.8. The molecule has 3 rings (SSSR count). The molecular weight excluding hydrogens is 424 g/mol. The minimum atomic E-state index is -0.186. The average molecular weight is 449 g/mol. The smallest absolute Gasteiger partial charge is 0.259 e. The van der Waals surface area contributed by atoms with Crippen LogP contribution in [0.5, 0.6) is 5.75 Å². The summed E-state index contributed by atoms with van der Waals surface area (Å²) in [5, 5.41) is 3.88. The van der Waals surface area contributed by atoms with Crippen LogP contribution in [-0.4, -0.2) is 48.0 Å². The van der Waals surface area contributed by atoms with E-state index in [1.807, 2.05) is 32.8 Å². The molecule has 2 aromatic heterocycles. The number of nitrogens with zero attached hydrogens (tertiary/aromatic N) is 2. The average Bonchev–Trinajstić information content (AvgIpc) is 2.96. The van der Waals surface area contributed by atoms with E-state index in [1.54, 1.807) is 18.2 Å². The lowest BCUT2D eigenvalue weighted by molar-refractivity contribution is -0.116. The maximum atomic E-state index is 12.3. The summed E-state index contributed by atoms with van der Waals surface area (Å²) >= 11 is 7.74. The molecule has 0 fully saturated rings. The van der Waals surface area contributed by atoms with Gasteiger partial charge in [0.25, 0.3) is 5.56 Å². The van der Waals surface area contributed by atoms with Crippen molar-refractivity contribution in [3.63, 3.8) is 0 Å². The summed E-state index contributed by atoms with van der Waals surface area (Å²) in [5.41, 5.74) is 1.39. The highest BCUT2D eigenvalue weighted by Crippen LogP contribution is 2.28.